The first kappa shape index (κ1) is 17.2. The van der Waals surface area contributed by atoms with E-state index in [4.69, 9.17) is 9.47 Å². The third-order valence-corrected chi connectivity index (χ3v) is 3.98. The molecule has 1 N–H and O–H groups in total. The molecule has 0 aliphatic carbocycles. The largest absolute Gasteiger partial charge is 0.497 e. The summed E-state index contributed by atoms with van der Waals surface area (Å²) < 4.78 is 10.6. The maximum atomic E-state index is 5.38. The van der Waals surface area contributed by atoms with E-state index in [1.165, 1.54) is 0 Å². The molecular formula is C18H23N5O2. The molecule has 0 spiro atoms. The Morgan fingerprint density at radius 3 is 2.60 bits per heavy atom. The molecule has 3 rings (SSSR count). The number of hydrogen-bond acceptors (Lipinski definition) is 7. The van der Waals surface area contributed by atoms with E-state index in [0.717, 1.165) is 35.8 Å². The van der Waals surface area contributed by atoms with Gasteiger partial charge >= 0.3 is 0 Å². The van der Waals surface area contributed by atoms with Crippen LogP contribution in [0.1, 0.15) is 18.2 Å². The van der Waals surface area contributed by atoms with E-state index >= 15 is 0 Å². The summed E-state index contributed by atoms with van der Waals surface area (Å²) in [6, 6.07) is 9.67. The maximum absolute atomic E-state index is 5.38. The van der Waals surface area contributed by atoms with Gasteiger partial charge in [0.25, 0.3) is 0 Å². The van der Waals surface area contributed by atoms with E-state index in [0.29, 0.717) is 25.0 Å². The van der Waals surface area contributed by atoms with E-state index in [1.54, 1.807) is 7.11 Å². The third-order valence-electron chi connectivity index (χ3n) is 3.98. The minimum atomic E-state index is 0.682. The number of rotatable bonds is 5. The summed E-state index contributed by atoms with van der Waals surface area (Å²) in [7, 11) is 1.65. The van der Waals surface area contributed by atoms with Crippen molar-refractivity contribution in [3.05, 3.63) is 41.6 Å². The first-order valence-corrected chi connectivity index (χ1v) is 8.29. The second kappa shape index (κ2) is 7.94. The number of anilines is 2. The number of ether oxygens (including phenoxy) is 2. The molecule has 0 bridgehead atoms. The monoisotopic (exact) mass is 341 g/mol. The second-order valence-corrected chi connectivity index (χ2v) is 5.83. The molecule has 2 aromatic rings. The van der Waals surface area contributed by atoms with Crippen LogP contribution in [0.15, 0.2) is 35.4 Å². The quantitative estimate of drug-likeness (QED) is 0.665. The molecule has 0 atom stereocenters. The molecule has 1 aliphatic rings. The van der Waals surface area contributed by atoms with Crippen molar-refractivity contribution in [1.82, 2.24) is 9.97 Å². The Balaban J connectivity index is 1.73. The van der Waals surface area contributed by atoms with Gasteiger partial charge in [0.2, 0.25) is 5.95 Å². The highest BCUT2D eigenvalue weighted by Gasteiger charge is 2.14. The molecule has 1 fully saturated rings. The number of hydrogen-bond donors (Lipinski definition) is 1. The molecule has 0 saturated carbocycles. The second-order valence-electron chi connectivity index (χ2n) is 5.83. The highest BCUT2D eigenvalue weighted by molar-refractivity contribution is 5.99. The molecule has 7 nitrogen and oxygen atoms in total. The van der Waals surface area contributed by atoms with Gasteiger partial charge in [0.05, 0.1) is 26.0 Å². The van der Waals surface area contributed by atoms with Gasteiger partial charge in [-0.25, -0.2) is 4.98 Å². The predicted molar refractivity (Wildman–Crippen MR) is 98.6 cm³/mol. The summed E-state index contributed by atoms with van der Waals surface area (Å²) in [5, 5.41) is 4.44. The fourth-order valence-corrected chi connectivity index (χ4v) is 2.55. The van der Waals surface area contributed by atoms with Crippen LogP contribution in [0.5, 0.6) is 5.75 Å². The van der Waals surface area contributed by atoms with Gasteiger partial charge in [0, 0.05) is 24.8 Å². The zero-order valence-corrected chi connectivity index (χ0v) is 14.8. The zero-order valence-electron chi connectivity index (χ0n) is 14.8. The van der Waals surface area contributed by atoms with Crippen molar-refractivity contribution < 1.29 is 9.47 Å². The lowest BCUT2D eigenvalue weighted by atomic mass is 10.1. The van der Waals surface area contributed by atoms with Gasteiger partial charge in [-0.3, -0.25) is 5.43 Å². The summed E-state index contributed by atoms with van der Waals surface area (Å²) >= 11 is 0. The minimum absolute atomic E-state index is 0.682. The lowest BCUT2D eigenvalue weighted by Crippen LogP contribution is -2.37. The Morgan fingerprint density at radius 1 is 1.20 bits per heavy atom. The van der Waals surface area contributed by atoms with E-state index in [1.807, 2.05) is 44.2 Å². The molecule has 132 valence electrons. The van der Waals surface area contributed by atoms with Crippen LogP contribution in [-0.4, -0.2) is 49.1 Å². The predicted octanol–water partition coefficient (Wildman–Crippen LogP) is 2.47. The summed E-state index contributed by atoms with van der Waals surface area (Å²) in [6.45, 7) is 6.92. The Hall–Kier alpha value is -2.67. The lowest BCUT2D eigenvalue weighted by molar-refractivity contribution is 0.122. The van der Waals surface area contributed by atoms with E-state index < -0.39 is 0 Å². The van der Waals surface area contributed by atoms with Crippen molar-refractivity contribution in [2.45, 2.75) is 13.8 Å². The average Bonchev–Trinajstić information content (AvgIpc) is 2.66. The summed E-state index contributed by atoms with van der Waals surface area (Å²) in [5.74, 6) is 2.22. The number of aryl methyl sites for hydroxylation is 1. The van der Waals surface area contributed by atoms with E-state index in [9.17, 15) is 0 Å². The number of methoxy groups -OCH3 is 1. The molecule has 1 aromatic heterocycles. The van der Waals surface area contributed by atoms with Crippen molar-refractivity contribution >= 4 is 17.5 Å². The highest BCUT2D eigenvalue weighted by Crippen LogP contribution is 2.16. The zero-order chi connectivity index (χ0) is 17.6. The van der Waals surface area contributed by atoms with Crippen LogP contribution in [0.25, 0.3) is 0 Å². The number of aromatic nitrogens is 2. The number of nitrogens with one attached hydrogen (secondary N) is 1. The Morgan fingerprint density at radius 2 is 1.92 bits per heavy atom. The van der Waals surface area contributed by atoms with Crippen LogP contribution in [0.3, 0.4) is 0 Å². The van der Waals surface area contributed by atoms with Crippen LogP contribution in [-0.2, 0) is 4.74 Å². The molecule has 1 saturated heterocycles. The van der Waals surface area contributed by atoms with Crippen LogP contribution in [0, 0.1) is 6.92 Å². The van der Waals surface area contributed by atoms with Crippen LogP contribution < -0.4 is 15.1 Å². The molecule has 0 radical (unpaired) electrons. The van der Waals surface area contributed by atoms with Crippen molar-refractivity contribution in [3.8, 4) is 5.75 Å². The molecular weight excluding hydrogens is 318 g/mol. The highest BCUT2D eigenvalue weighted by atomic mass is 16.5. The van der Waals surface area contributed by atoms with Crippen molar-refractivity contribution in [2.24, 2.45) is 5.10 Å². The Labute approximate surface area is 147 Å². The van der Waals surface area contributed by atoms with Gasteiger partial charge in [0.15, 0.2) is 5.82 Å². The first-order chi connectivity index (χ1) is 12.2. The average molecular weight is 341 g/mol. The summed E-state index contributed by atoms with van der Waals surface area (Å²) in [4.78, 5) is 11.2. The topological polar surface area (TPSA) is 71.9 Å². The molecule has 1 aromatic carbocycles. The molecule has 0 unspecified atom stereocenters. The SMILES string of the molecule is COc1ccc(C(C)=NNc2cc(C)nc(N3CCOCC3)n2)cc1. The van der Waals surface area contributed by atoms with Gasteiger partial charge in [-0.15, -0.1) is 0 Å². The first-order valence-electron chi connectivity index (χ1n) is 8.29. The number of morpholine rings is 1. The van der Waals surface area contributed by atoms with E-state index in [2.05, 4.69) is 25.4 Å². The molecule has 1 aliphatic heterocycles. The standard InChI is InChI=1S/C18H23N5O2/c1-13-12-17(20-18(19-13)23-8-10-25-11-9-23)22-21-14(2)15-4-6-16(24-3)7-5-15/h4-7,12H,8-11H2,1-3H3,(H,19,20,22). The smallest absolute Gasteiger partial charge is 0.227 e. The molecule has 0 amide bonds. The van der Waals surface area contributed by atoms with Crippen LogP contribution in [0.4, 0.5) is 11.8 Å². The number of hydrazone groups is 1. The molecule has 25 heavy (non-hydrogen) atoms. The van der Waals surface area contributed by atoms with Gasteiger partial charge in [-0.1, -0.05) is 0 Å². The van der Waals surface area contributed by atoms with Gasteiger partial charge < -0.3 is 14.4 Å². The third kappa shape index (κ3) is 4.45. The van der Waals surface area contributed by atoms with Crippen LogP contribution in [0.2, 0.25) is 0 Å². The lowest BCUT2D eigenvalue weighted by Gasteiger charge is -2.27. The molecule has 7 heteroatoms. The fraction of sp³-hybridized carbons (Fsp3) is 0.389. The van der Waals surface area contributed by atoms with Crippen molar-refractivity contribution in [1.29, 1.82) is 0 Å². The van der Waals surface area contributed by atoms with Gasteiger partial charge in [0.1, 0.15) is 5.75 Å². The van der Waals surface area contributed by atoms with Gasteiger partial charge in [-0.2, -0.15) is 10.1 Å². The van der Waals surface area contributed by atoms with Crippen molar-refractivity contribution in [2.75, 3.05) is 43.7 Å². The van der Waals surface area contributed by atoms with Crippen molar-refractivity contribution in [3.63, 3.8) is 0 Å². The number of nitrogens with zero attached hydrogens (tertiary/aromatic N) is 4. The minimum Gasteiger partial charge on any atom is -0.497 e. The molecule has 2 heterocycles. The summed E-state index contributed by atoms with van der Waals surface area (Å²) in [5.41, 5.74) is 5.83. The summed E-state index contributed by atoms with van der Waals surface area (Å²) in [6.07, 6.45) is 0. The maximum Gasteiger partial charge on any atom is 0.227 e. The normalized spacial score (nSPS) is 15.2. The Bertz CT molecular complexity index is 740. The van der Waals surface area contributed by atoms with Crippen LogP contribution >= 0.6 is 0 Å². The van der Waals surface area contributed by atoms with E-state index in [-0.39, 0.29) is 0 Å². The number of benzene rings is 1. The Kier molecular flexibility index (Phi) is 5.45. The fourth-order valence-electron chi connectivity index (χ4n) is 2.55. The van der Waals surface area contributed by atoms with Gasteiger partial charge in [-0.05, 0) is 43.7 Å².